The summed E-state index contributed by atoms with van der Waals surface area (Å²) in [5, 5.41) is 9.77. The summed E-state index contributed by atoms with van der Waals surface area (Å²) in [7, 11) is 0. The van der Waals surface area contributed by atoms with Crippen LogP contribution in [-0.4, -0.2) is 4.98 Å². The molecule has 2 rings (SSSR count). The minimum absolute atomic E-state index is 0.327. The molecule has 5 heteroatoms. The van der Waals surface area contributed by atoms with Crippen molar-refractivity contribution >= 4 is 23.2 Å². The maximum Gasteiger partial charge on any atom is 0.140 e. The minimum Gasteiger partial charge on any atom is -0.489 e. The second-order valence-corrected chi connectivity index (χ2v) is 4.43. The van der Waals surface area contributed by atoms with E-state index in [0.29, 0.717) is 28.1 Å². The molecule has 0 aliphatic carbocycles. The van der Waals surface area contributed by atoms with Gasteiger partial charge < -0.3 is 4.74 Å². The van der Waals surface area contributed by atoms with Gasteiger partial charge in [0.15, 0.2) is 0 Å². The van der Waals surface area contributed by atoms with Crippen LogP contribution in [0, 0.1) is 11.3 Å². The van der Waals surface area contributed by atoms with Gasteiger partial charge in [-0.1, -0.05) is 23.2 Å². The van der Waals surface area contributed by atoms with Crippen LogP contribution in [0.3, 0.4) is 0 Å². The lowest BCUT2D eigenvalue weighted by molar-refractivity contribution is 0.306. The molecule has 0 aliphatic rings. The van der Waals surface area contributed by atoms with E-state index < -0.39 is 0 Å². The van der Waals surface area contributed by atoms with Crippen LogP contribution in [0.4, 0.5) is 0 Å². The Morgan fingerprint density at radius 3 is 2.56 bits per heavy atom. The Labute approximate surface area is 115 Å². The maximum absolute atomic E-state index is 8.73. The van der Waals surface area contributed by atoms with E-state index in [1.807, 2.05) is 6.07 Å². The van der Waals surface area contributed by atoms with Crippen LogP contribution in [0.2, 0.25) is 10.0 Å². The molecular weight excluding hydrogens is 271 g/mol. The Hall–Kier alpha value is -1.76. The molecule has 0 N–H and O–H groups in total. The molecule has 0 fully saturated rings. The Morgan fingerprint density at radius 2 is 1.89 bits per heavy atom. The molecule has 0 saturated heterocycles. The number of nitriles is 1. The zero-order chi connectivity index (χ0) is 13.0. The Morgan fingerprint density at radius 1 is 1.17 bits per heavy atom. The van der Waals surface area contributed by atoms with Gasteiger partial charge in [0.1, 0.15) is 24.1 Å². The highest BCUT2D eigenvalue weighted by Gasteiger charge is 2.01. The number of hydrogen-bond acceptors (Lipinski definition) is 3. The monoisotopic (exact) mass is 278 g/mol. The van der Waals surface area contributed by atoms with E-state index in [1.54, 1.807) is 36.5 Å². The number of aromatic nitrogens is 1. The molecule has 0 unspecified atom stereocenters. The lowest BCUT2D eigenvalue weighted by atomic mass is 10.2. The first kappa shape index (κ1) is 12.7. The molecule has 0 spiro atoms. The third-order valence-corrected chi connectivity index (χ3v) is 2.62. The number of halogens is 2. The molecule has 0 saturated carbocycles. The first-order valence-electron chi connectivity index (χ1n) is 5.11. The van der Waals surface area contributed by atoms with Gasteiger partial charge in [0.25, 0.3) is 0 Å². The normalized spacial score (nSPS) is 9.83. The summed E-state index contributed by atoms with van der Waals surface area (Å²) in [6.45, 7) is 0.327. The molecule has 0 aliphatic heterocycles. The summed E-state index contributed by atoms with van der Waals surface area (Å²) in [6.07, 6.45) is 1.57. The van der Waals surface area contributed by atoms with E-state index in [0.717, 1.165) is 5.56 Å². The van der Waals surface area contributed by atoms with E-state index >= 15 is 0 Å². The predicted molar refractivity (Wildman–Crippen MR) is 69.7 cm³/mol. The van der Waals surface area contributed by atoms with E-state index in [9.17, 15) is 0 Å². The van der Waals surface area contributed by atoms with Crippen LogP contribution in [0.5, 0.6) is 5.75 Å². The van der Waals surface area contributed by atoms with Crippen LogP contribution in [0.15, 0.2) is 36.5 Å². The maximum atomic E-state index is 8.73. The predicted octanol–water partition coefficient (Wildman–Crippen LogP) is 3.84. The topological polar surface area (TPSA) is 45.9 Å². The first-order chi connectivity index (χ1) is 8.67. The standard InChI is InChI=1S/C13H8Cl2N2O/c14-10-4-11(15)6-13(5-10)18-8-9-1-2-17-12(3-9)7-16/h1-6H,8H2. The van der Waals surface area contributed by atoms with Gasteiger partial charge in [-0.15, -0.1) is 0 Å². The summed E-state index contributed by atoms with van der Waals surface area (Å²) in [4.78, 5) is 3.88. The second-order valence-electron chi connectivity index (χ2n) is 3.55. The van der Waals surface area contributed by atoms with Gasteiger partial charge in [-0.3, -0.25) is 0 Å². The highest BCUT2D eigenvalue weighted by atomic mass is 35.5. The number of benzene rings is 1. The van der Waals surface area contributed by atoms with Gasteiger partial charge in [0.05, 0.1) is 0 Å². The largest absolute Gasteiger partial charge is 0.489 e. The van der Waals surface area contributed by atoms with Gasteiger partial charge in [-0.05, 0) is 35.9 Å². The fraction of sp³-hybridized carbons (Fsp3) is 0.0769. The van der Waals surface area contributed by atoms with Crippen molar-refractivity contribution < 1.29 is 4.74 Å². The third kappa shape index (κ3) is 3.36. The van der Waals surface area contributed by atoms with Crippen molar-refractivity contribution in [2.24, 2.45) is 0 Å². The summed E-state index contributed by atoms with van der Waals surface area (Å²) in [5.41, 5.74) is 1.22. The number of rotatable bonds is 3. The molecule has 18 heavy (non-hydrogen) atoms. The Bertz CT molecular complexity index is 588. The Kier molecular flexibility index (Phi) is 4.03. The number of pyridine rings is 1. The fourth-order valence-corrected chi connectivity index (χ4v) is 1.91. The Balaban J connectivity index is 2.09. The zero-order valence-electron chi connectivity index (χ0n) is 9.23. The van der Waals surface area contributed by atoms with Crippen LogP contribution in [-0.2, 0) is 6.61 Å². The van der Waals surface area contributed by atoms with E-state index in [1.165, 1.54) is 0 Å². The smallest absolute Gasteiger partial charge is 0.140 e. The highest BCUT2D eigenvalue weighted by Crippen LogP contribution is 2.24. The van der Waals surface area contributed by atoms with E-state index in [-0.39, 0.29) is 0 Å². The van der Waals surface area contributed by atoms with Crippen molar-refractivity contribution in [3.8, 4) is 11.8 Å². The summed E-state index contributed by atoms with van der Waals surface area (Å²) in [5.74, 6) is 0.586. The van der Waals surface area contributed by atoms with Gasteiger partial charge in [0.2, 0.25) is 0 Å². The van der Waals surface area contributed by atoms with E-state index in [2.05, 4.69) is 4.98 Å². The van der Waals surface area contributed by atoms with Gasteiger partial charge in [0, 0.05) is 16.2 Å². The van der Waals surface area contributed by atoms with E-state index in [4.69, 9.17) is 33.2 Å². The molecule has 1 heterocycles. The molecule has 2 aromatic rings. The molecule has 0 radical (unpaired) electrons. The lowest BCUT2D eigenvalue weighted by Gasteiger charge is -2.07. The molecule has 3 nitrogen and oxygen atoms in total. The summed E-state index contributed by atoms with van der Waals surface area (Å²) >= 11 is 11.7. The molecule has 0 atom stereocenters. The number of ether oxygens (including phenoxy) is 1. The molecule has 1 aromatic carbocycles. The SMILES string of the molecule is N#Cc1cc(COc2cc(Cl)cc(Cl)c2)ccn1. The lowest BCUT2D eigenvalue weighted by Crippen LogP contribution is -1.96. The average molecular weight is 279 g/mol. The molecule has 90 valence electrons. The van der Waals surface area contributed by atoms with Crippen molar-refractivity contribution in [1.82, 2.24) is 4.98 Å². The highest BCUT2D eigenvalue weighted by molar-refractivity contribution is 6.34. The van der Waals surface area contributed by atoms with Gasteiger partial charge >= 0.3 is 0 Å². The molecular formula is C13H8Cl2N2O. The van der Waals surface area contributed by atoms with Crippen molar-refractivity contribution in [2.75, 3.05) is 0 Å². The van der Waals surface area contributed by atoms with Crippen molar-refractivity contribution in [3.63, 3.8) is 0 Å². The second kappa shape index (κ2) is 5.72. The first-order valence-corrected chi connectivity index (χ1v) is 5.87. The summed E-state index contributed by atoms with van der Waals surface area (Å²) in [6, 6.07) is 10.4. The molecule has 0 amide bonds. The van der Waals surface area contributed by atoms with Crippen LogP contribution < -0.4 is 4.74 Å². The van der Waals surface area contributed by atoms with Crippen LogP contribution in [0.25, 0.3) is 0 Å². The molecule has 1 aromatic heterocycles. The summed E-state index contributed by atoms with van der Waals surface area (Å²) < 4.78 is 5.55. The van der Waals surface area contributed by atoms with Crippen molar-refractivity contribution in [2.45, 2.75) is 6.61 Å². The van der Waals surface area contributed by atoms with Crippen LogP contribution in [0.1, 0.15) is 11.3 Å². The minimum atomic E-state index is 0.327. The van der Waals surface area contributed by atoms with Crippen molar-refractivity contribution in [3.05, 3.63) is 57.8 Å². The molecule has 0 bridgehead atoms. The number of nitrogens with zero attached hydrogens (tertiary/aromatic N) is 2. The average Bonchev–Trinajstić information content (AvgIpc) is 2.35. The van der Waals surface area contributed by atoms with Gasteiger partial charge in [-0.2, -0.15) is 5.26 Å². The number of hydrogen-bond donors (Lipinski definition) is 0. The van der Waals surface area contributed by atoms with Crippen molar-refractivity contribution in [1.29, 1.82) is 5.26 Å². The quantitative estimate of drug-likeness (QED) is 0.857. The van der Waals surface area contributed by atoms with Crippen LogP contribution >= 0.6 is 23.2 Å². The zero-order valence-corrected chi connectivity index (χ0v) is 10.7. The third-order valence-electron chi connectivity index (χ3n) is 2.18. The van der Waals surface area contributed by atoms with Gasteiger partial charge in [-0.25, -0.2) is 4.98 Å². The fourth-order valence-electron chi connectivity index (χ4n) is 1.40.